The van der Waals surface area contributed by atoms with Gasteiger partial charge in [-0.05, 0) is 40.5 Å². The van der Waals surface area contributed by atoms with E-state index in [1.165, 1.54) is 18.3 Å². The third-order valence-electron chi connectivity index (χ3n) is 2.64. The predicted molar refractivity (Wildman–Crippen MR) is 80.9 cm³/mol. The number of nitrogens with zero attached hydrogens (tertiary/aromatic N) is 2. The number of nitro groups is 1. The van der Waals surface area contributed by atoms with Crippen LogP contribution in [0.2, 0.25) is 0 Å². The maximum Gasteiger partial charge on any atom is 0.271 e. The van der Waals surface area contributed by atoms with Crippen LogP contribution in [0.1, 0.15) is 11.1 Å². The Kier molecular flexibility index (Phi) is 4.14. The maximum absolute atomic E-state index is 10.8. The lowest BCUT2D eigenvalue weighted by atomic mass is 10.2. The molecule has 2 rings (SSSR count). The Labute approximate surface area is 123 Å². The summed E-state index contributed by atoms with van der Waals surface area (Å²) < 4.78 is 0.261. The summed E-state index contributed by atoms with van der Waals surface area (Å²) in [5, 5.41) is 20.7. The zero-order chi connectivity index (χ0) is 14.7. The third kappa shape index (κ3) is 3.21. The van der Waals surface area contributed by atoms with E-state index in [4.69, 9.17) is 0 Å². The number of rotatable bonds is 3. The van der Waals surface area contributed by atoms with Crippen molar-refractivity contribution in [1.82, 2.24) is 0 Å². The topological polar surface area (TPSA) is 75.7 Å². The smallest absolute Gasteiger partial charge is 0.271 e. The number of aliphatic imine (C=N–C) groups is 1. The fourth-order valence-corrected chi connectivity index (χ4v) is 2.13. The third-order valence-corrected chi connectivity index (χ3v) is 3.25. The first-order valence-corrected chi connectivity index (χ1v) is 6.54. The summed E-state index contributed by atoms with van der Waals surface area (Å²) in [5.41, 5.74) is 1.95. The van der Waals surface area contributed by atoms with Crippen molar-refractivity contribution in [2.24, 2.45) is 4.99 Å². The number of hydrogen-bond donors (Lipinski definition) is 1. The van der Waals surface area contributed by atoms with E-state index in [1.807, 2.05) is 31.2 Å². The first kappa shape index (κ1) is 14.2. The van der Waals surface area contributed by atoms with E-state index < -0.39 is 4.92 Å². The number of hydrogen-bond acceptors (Lipinski definition) is 4. The van der Waals surface area contributed by atoms with Crippen LogP contribution in [0.25, 0.3) is 0 Å². The molecular formula is C14H11BrN2O3. The number of aryl methyl sites for hydroxylation is 1. The Morgan fingerprint density at radius 2 is 2.10 bits per heavy atom. The first-order chi connectivity index (χ1) is 9.47. The lowest BCUT2D eigenvalue weighted by Gasteiger charge is -2.02. The number of nitro benzene ring substituents is 1. The van der Waals surface area contributed by atoms with Gasteiger partial charge in [-0.1, -0.05) is 12.1 Å². The summed E-state index contributed by atoms with van der Waals surface area (Å²) in [5.74, 6) is -0.0768. The highest BCUT2D eigenvalue weighted by Gasteiger charge is 2.13. The molecule has 0 aliphatic rings. The molecule has 1 N–H and O–H groups in total. The summed E-state index contributed by atoms with van der Waals surface area (Å²) in [6, 6.07) is 10.0. The molecule has 2 aromatic carbocycles. The van der Waals surface area contributed by atoms with Crippen molar-refractivity contribution in [3.8, 4) is 5.75 Å². The molecule has 0 saturated carbocycles. The number of phenols is 1. The van der Waals surface area contributed by atoms with E-state index in [1.54, 1.807) is 0 Å². The predicted octanol–water partition coefficient (Wildman–Crippen LogP) is 4.12. The Morgan fingerprint density at radius 1 is 1.35 bits per heavy atom. The molecule has 0 amide bonds. The molecule has 102 valence electrons. The molecule has 0 unspecified atom stereocenters. The van der Waals surface area contributed by atoms with Crippen molar-refractivity contribution in [3.05, 3.63) is 62.1 Å². The van der Waals surface area contributed by atoms with Gasteiger partial charge in [-0.3, -0.25) is 15.1 Å². The number of non-ortho nitro benzene ring substituents is 1. The molecule has 5 nitrogen and oxygen atoms in total. The number of phenolic OH excluding ortho intramolecular Hbond substituents is 1. The van der Waals surface area contributed by atoms with Crippen LogP contribution in [0.3, 0.4) is 0 Å². The second-order valence-electron chi connectivity index (χ2n) is 4.22. The second-order valence-corrected chi connectivity index (χ2v) is 5.07. The van der Waals surface area contributed by atoms with Crippen LogP contribution < -0.4 is 0 Å². The molecule has 0 bridgehead atoms. The molecule has 0 saturated heterocycles. The van der Waals surface area contributed by atoms with Crippen LogP contribution in [0.15, 0.2) is 45.9 Å². The molecule has 2 aromatic rings. The fraction of sp³-hybridized carbons (Fsp3) is 0.0714. The van der Waals surface area contributed by atoms with Crippen LogP contribution in [0.5, 0.6) is 5.75 Å². The SMILES string of the molecule is Cc1cccc(N=Cc2cc([N+](=O)[O-])cc(Br)c2O)c1. The van der Waals surface area contributed by atoms with E-state index >= 15 is 0 Å². The summed E-state index contributed by atoms with van der Waals surface area (Å²) in [7, 11) is 0. The summed E-state index contributed by atoms with van der Waals surface area (Å²) in [4.78, 5) is 14.5. The highest BCUT2D eigenvalue weighted by Crippen LogP contribution is 2.31. The van der Waals surface area contributed by atoms with E-state index in [9.17, 15) is 15.2 Å². The Bertz CT molecular complexity index is 699. The summed E-state index contributed by atoms with van der Waals surface area (Å²) in [6.07, 6.45) is 1.40. The Balaban J connectivity index is 2.40. The molecule has 0 spiro atoms. The summed E-state index contributed by atoms with van der Waals surface area (Å²) >= 11 is 3.09. The van der Waals surface area contributed by atoms with Crippen LogP contribution in [-0.2, 0) is 0 Å². The van der Waals surface area contributed by atoms with Crippen LogP contribution in [-0.4, -0.2) is 16.2 Å². The highest BCUT2D eigenvalue weighted by molar-refractivity contribution is 9.10. The standard InChI is InChI=1S/C14H11BrN2O3/c1-9-3-2-4-11(5-9)16-8-10-6-12(17(19)20)7-13(15)14(10)18/h2-8,18H,1H3. The maximum atomic E-state index is 10.8. The normalized spacial score (nSPS) is 10.9. The lowest BCUT2D eigenvalue weighted by Crippen LogP contribution is -1.91. The quantitative estimate of drug-likeness (QED) is 0.521. The van der Waals surface area contributed by atoms with Gasteiger partial charge in [0.15, 0.2) is 0 Å². The molecule has 0 aliphatic carbocycles. The van der Waals surface area contributed by atoms with E-state index in [2.05, 4.69) is 20.9 Å². The van der Waals surface area contributed by atoms with Gasteiger partial charge in [0, 0.05) is 23.9 Å². The van der Waals surface area contributed by atoms with Crippen molar-refractivity contribution in [2.75, 3.05) is 0 Å². The van der Waals surface area contributed by atoms with E-state index in [-0.39, 0.29) is 21.5 Å². The molecule has 0 fully saturated rings. The Hall–Kier alpha value is -2.21. The van der Waals surface area contributed by atoms with E-state index in [0.29, 0.717) is 5.69 Å². The Morgan fingerprint density at radius 3 is 2.75 bits per heavy atom. The second kappa shape index (κ2) is 5.83. The van der Waals surface area contributed by atoms with Crippen molar-refractivity contribution >= 4 is 33.5 Å². The molecule has 0 atom stereocenters. The monoisotopic (exact) mass is 334 g/mol. The number of benzene rings is 2. The van der Waals surface area contributed by atoms with Crippen molar-refractivity contribution in [1.29, 1.82) is 0 Å². The molecule has 0 radical (unpaired) electrons. The fourth-order valence-electron chi connectivity index (χ4n) is 1.66. The van der Waals surface area contributed by atoms with E-state index in [0.717, 1.165) is 5.56 Å². The molecule has 0 aromatic heterocycles. The van der Waals surface area contributed by atoms with Crippen molar-refractivity contribution in [2.45, 2.75) is 6.92 Å². The van der Waals surface area contributed by atoms with Crippen LogP contribution in [0, 0.1) is 17.0 Å². The lowest BCUT2D eigenvalue weighted by molar-refractivity contribution is -0.385. The molecular weight excluding hydrogens is 324 g/mol. The average Bonchev–Trinajstić information content (AvgIpc) is 2.40. The van der Waals surface area contributed by atoms with Gasteiger partial charge < -0.3 is 5.11 Å². The highest BCUT2D eigenvalue weighted by atomic mass is 79.9. The van der Waals surface area contributed by atoms with Crippen molar-refractivity contribution in [3.63, 3.8) is 0 Å². The zero-order valence-corrected chi connectivity index (χ0v) is 12.2. The largest absolute Gasteiger partial charge is 0.506 e. The van der Waals surface area contributed by atoms with Gasteiger partial charge in [0.2, 0.25) is 0 Å². The number of aromatic hydroxyl groups is 1. The number of halogens is 1. The zero-order valence-electron chi connectivity index (χ0n) is 10.6. The molecule has 0 heterocycles. The van der Waals surface area contributed by atoms with Crippen molar-refractivity contribution < 1.29 is 10.0 Å². The first-order valence-electron chi connectivity index (χ1n) is 5.75. The summed E-state index contributed by atoms with van der Waals surface area (Å²) in [6.45, 7) is 1.94. The van der Waals surface area contributed by atoms with Gasteiger partial charge in [-0.2, -0.15) is 0 Å². The van der Waals surface area contributed by atoms with Gasteiger partial charge in [0.05, 0.1) is 15.1 Å². The minimum Gasteiger partial charge on any atom is -0.506 e. The average molecular weight is 335 g/mol. The van der Waals surface area contributed by atoms with Gasteiger partial charge >= 0.3 is 0 Å². The molecule has 0 aliphatic heterocycles. The van der Waals surface area contributed by atoms with Gasteiger partial charge in [-0.15, -0.1) is 0 Å². The van der Waals surface area contributed by atoms with Gasteiger partial charge in [0.1, 0.15) is 5.75 Å². The van der Waals surface area contributed by atoms with Gasteiger partial charge in [-0.25, -0.2) is 0 Å². The van der Waals surface area contributed by atoms with Gasteiger partial charge in [0.25, 0.3) is 5.69 Å². The molecule has 6 heteroatoms. The van der Waals surface area contributed by atoms with Crippen LogP contribution in [0.4, 0.5) is 11.4 Å². The minimum atomic E-state index is -0.520. The molecule has 20 heavy (non-hydrogen) atoms. The van der Waals surface area contributed by atoms with Crippen LogP contribution >= 0.6 is 15.9 Å². The minimum absolute atomic E-state index is 0.0768.